The highest BCUT2D eigenvalue weighted by atomic mass is 32.1. The number of aryl methyl sites for hydroxylation is 2. The van der Waals surface area contributed by atoms with Gasteiger partial charge in [-0.15, -0.1) is 5.10 Å². The van der Waals surface area contributed by atoms with Crippen molar-refractivity contribution in [1.29, 1.82) is 0 Å². The van der Waals surface area contributed by atoms with Gasteiger partial charge in [0.1, 0.15) is 5.69 Å². The Kier molecular flexibility index (Phi) is 4.49. The van der Waals surface area contributed by atoms with Crippen LogP contribution in [0.5, 0.6) is 5.75 Å². The average Bonchev–Trinajstić information content (AvgIpc) is 3.03. The summed E-state index contributed by atoms with van der Waals surface area (Å²) in [7, 11) is 1.63. The van der Waals surface area contributed by atoms with Gasteiger partial charge in [0.2, 0.25) is 0 Å². The second kappa shape index (κ2) is 6.12. The Labute approximate surface area is 116 Å². The summed E-state index contributed by atoms with van der Waals surface area (Å²) < 4.78 is 11.2. The molecule has 104 valence electrons. The van der Waals surface area contributed by atoms with Gasteiger partial charge in [0, 0.05) is 6.54 Å². The molecule has 2 N–H and O–H groups in total. The van der Waals surface area contributed by atoms with Crippen LogP contribution in [0.2, 0.25) is 0 Å². The van der Waals surface area contributed by atoms with E-state index in [0.717, 1.165) is 35.7 Å². The second-order valence-corrected chi connectivity index (χ2v) is 5.01. The minimum Gasteiger partial charge on any atom is -0.493 e. The van der Waals surface area contributed by atoms with Gasteiger partial charge in [-0.2, -0.15) is 5.10 Å². The third-order valence-corrected chi connectivity index (χ3v) is 3.86. The van der Waals surface area contributed by atoms with Gasteiger partial charge in [-0.1, -0.05) is 17.8 Å². The van der Waals surface area contributed by atoms with E-state index >= 15 is 0 Å². The molecule has 0 spiro atoms. The number of aromatic nitrogens is 4. The maximum Gasteiger partial charge on any atom is 0.161 e. The third kappa shape index (κ3) is 2.62. The SMILES string of the molecule is CCCc1nnsc1C(N)c1c(OC)cnn1CC. The summed E-state index contributed by atoms with van der Waals surface area (Å²) >= 11 is 1.35. The molecule has 2 heterocycles. The van der Waals surface area contributed by atoms with E-state index in [1.165, 1.54) is 11.5 Å². The van der Waals surface area contributed by atoms with Crippen molar-refractivity contribution in [3.05, 3.63) is 22.5 Å². The molecule has 2 aromatic rings. The fraction of sp³-hybridized carbons (Fsp3) is 0.583. The van der Waals surface area contributed by atoms with Crippen molar-refractivity contribution >= 4 is 11.5 Å². The van der Waals surface area contributed by atoms with Crippen LogP contribution in [0.1, 0.15) is 42.6 Å². The Balaban J connectivity index is 2.40. The molecule has 19 heavy (non-hydrogen) atoms. The topological polar surface area (TPSA) is 78.8 Å². The monoisotopic (exact) mass is 281 g/mol. The highest BCUT2D eigenvalue weighted by molar-refractivity contribution is 7.05. The Morgan fingerprint density at radius 2 is 2.26 bits per heavy atom. The normalized spacial score (nSPS) is 12.6. The predicted molar refractivity (Wildman–Crippen MR) is 74.4 cm³/mol. The van der Waals surface area contributed by atoms with E-state index in [1.54, 1.807) is 13.3 Å². The van der Waals surface area contributed by atoms with Crippen molar-refractivity contribution in [2.24, 2.45) is 5.73 Å². The van der Waals surface area contributed by atoms with E-state index < -0.39 is 0 Å². The Morgan fingerprint density at radius 3 is 2.89 bits per heavy atom. The lowest BCUT2D eigenvalue weighted by Gasteiger charge is -2.14. The van der Waals surface area contributed by atoms with Gasteiger partial charge in [-0.05, 0) is 24.9 Å². The van der Waals surface area contributed by atoms with Crippen LogP contribution in [0.25, 0.3) is 0 Å². The zero-order valence-corrected chi connectivity index (χ0v) is 12.3. The van der Waals surface area contributed by atoms with E-state index in [4.69, 9.17) is 10.5 Å². The van der Waals surface area contributed by atoms with Gasteiger partial charge >= 0.3 is 0 Å². The molecule has 0 aliphatic heterocycles. The van der Waals surface area contributed by atoms with Crippen molar-refractivity contribution < 1.29 is 4.74 Å². The highest BCUT2D eigenvalue weighted by Crippen LogP contribution is 2.31. The van der Waals surface area contributed by atoms with E-state index in [2.05, 4.69) is 21.6 Å². The number of methoxy groups -OCH3 is 1. The minimum absolute atomic E-state index is 0.293. The van der Waals surface area contributed by atoms with Crippen LogP contribution in [0.4, 0.5) is 0 Å². The van der Waals surface area contributed by atoms with Crippen molar-refractivity contribution in [1.82, 2.24) is 19.4 Å². The van der Waals surface area contributed by atoms with Gasteiger partial charge in [0.05, 0.1) is 29.9 Å². The van der Waals surface area contributed by atoms with Crippen molar-refractivity contribution in [3.8, 4) is 5.75 Å². The van der Waals surface area contributed by atoms with Crippen molar-refractivity contribution in [2.45, 2.75) is 39.3 Å². The molecule has 0 saturated heterocycles. The number of rotatable bonds is 6. The molecule has 0 amide bonds. The van der Waals surface area contributed by atoms with Gasteiger partial charge in [-0.3, -0.25) is 4.68 Å². The van der Waals surface area contributed by atoms with Crippen LogP contribution >= 0.6 is 11.5 Å². The molecule has 2 rings (SSSR count). The third-order valence-electron chi connectivity index (χ3n) is 3.01. The summed E-state index contributed by atoms with van der Waals surface area (Å²) in [6.45, 7) is 4.90. The zero-order chi connectivity index (χ0) is 13.8. The summed E-state index contributed by atoms with van der Waals surface area (Å²) in [5, 5.41) is 8.45. The summed E-state index contributed by atoms with van der Waals surface area (Å²) in [6, 6.07) is -0.293. The molecular formula is C12H19N5OS. The van der Waals surface area contributed by atoms with Crippen LogP contribution in [0.3, 0.4) is 0 Å². The van der Waals surface area contributed by atoms with E-state index in [9.17, 15) is 0 Å². The summed E-state index contributed by atoms with van der Waals surface area (Å²) in [4.78, 5) is 0.996. The van der Waals surface area contributed by atoms with Crippen LogP contribution < -0.4 is 10.5 Å². The van der Waals surface area contributed by atoms with Gasteiger partial charge < -0.3 is 10.5 Å². The maximum absolute atomic E-state index is 6.38. The molecule has 7 heteroatoms. The quantitative estimate of drug-likeness (QED) is 0.873. The van der Waals surface area contributed by atoms with Crippen molar-refractivity contribution in [2.75, 3.05) is 7.11 Å². The predicted octanol–water partition coefficient (Wildman–Crippen LogP) is 1.76. The van der Waals surface area contributed by atoms with Crippen LogP contribution in [0.15, 0.2) is 6.20 Å². The van der Waals surface area contributed by atoms with E-state index in [0.29, 0.717) is 5.75 Å². The summed E-state index contributed by atoms with van der Waals surface area (Å²) in [5.74, 6) is 0.713. The lowest BCUT2D eigenvalue weighted by molar-refractivity contribution is 0.405. The maximum atomic E-state index is 6.38. The molecule has 1 unspecified atom stereocenters. The Hall–Kier alpha value is -1.47. The van der Waals surface area contributed by atoms with E-state index in [1.807, 2.05) is 11.6 Å². The smallest absolute Gasteiger partial charge is 0.161 e. The second-order valence-electron chi connectivity index (χ2n) is 4.23. The molecule has 0 saturated carbocycles. The van der Waals surface area contributed by atoms with Gasteiger partial charge in [0.15, 0.2) is 5.75 Å². The molecule has 0 aliphatic carbocycles. The first kappa shape index (κ1) is 14.0. The van der Waals surface area contributed by atoms with Crippen molar-refractivity contribution in [3.63, 3.8) is 0 Å². The van der Waals surface area contributed by atoms with Crippen LogP contribution in [-0.4, -0.2) is 26.5 Å². The number of nitrogens with two attached hydrogens (primary N) is 1. The number of ether oxygens (including phenoxy) is 1. The Bertz CT molecular complexity index is 514. The number of nitrogens with zero attached hydrogens (tertiary/aromatic N) is 4. The first-order valence-corrected chi connectivity index (χ1v) is 7.16. The standard InChI is InChI=1S/C12H19N5OS/c1-4-6-8-12(19-16-15-8)10(13)11-9(18-3)7-14-17(11)5-2/h7,10H,4-6,13H2,1-3H3. The zero-order valence-electron chi connectivity index (χ0n) is 11.5. The van der Waals surface area contributed by atoms with E-state index in [-0.39, 0.29) is 6.04 Å². The molecule has 0 aliphatic rings. The Morgan fingerprint density at radius 1 is 1.47 bits per heavy atom. The fourth-order valence-corrected chi connectivity index (χ4v) is 2.79. The number of hydrogen-bond donors (Lipinski definition) is 1. The fourth-order valence-electron chi connectivity index (χ4n) is 2.09. The molecule has 2 aromatic heterocycles. The van der Waals surface area contributed by atoms with Gasteiger partial charge in [-0.25, -0.2) is 0 Å². The molecule has 0 fully saturated rings. The molecule has 6 nitrogen and oxygen atoms in total. The highest BCUT2D eigenvalue weighted by Gasteiger charge is 2.24. The molecule has 1 atom stereocenters. The molecule has 0 bridgehead atoms. The molecular weight excluding hydrogens is 262 g/mol. The largest absolute Gasteiger partial charge is 0.493 e. The minimum atomic E-state index is -0.293. The summed E-state index contributed by atoms with van der Waals surface area (Å²) in [5.41, 5.74) is 8.24. The van der Waals surface area contributed by atoms with Gasteiger partial charge in [0.25, 0.3) is 0 Å². The average molecular weight is 281 g/mol. The van der Waals surface area contributed by atoms with Crippen LogP contribution in [-0.2, 0) is 13.0 Å². The molecule has 0 radical (unpaired) electrons. The molecule has 0 aromatic carbocycles. The first-order valence-electron chi connectivity index (χ1n) is 6.39. The van der Waals surface area contributed by atoms with Crippen LogP contribution in [0, 0.1) is 0 Å². The first-order chi connectivity index (χ1) is 9.22. The number of hydrogen-bond acceptors (Lipinski definition) is 6. The lowest BCUT2D eigenvalue weighted by Crippen LogP contribution is -2.18. The summed E-state index contributed by atoms with van der Waals surface area (Å²) in [6.07, 6.45) is 3.62. The lowest BCUT2D eigenvalue weighted by atomic mass is 10.1.